The number of hydrogen-bond acceptors (Lipinski definition) is 7. The minimum Gasteiger partial charge on any atom is -0.337 e. The van der Waals surface area contributed by atoms with Crippen molar-refractivity contribution in [1.29, 1.82) is 0 Å². The fraction of sp³-hybridized carbons (Fsp3) is 0.524. The molecule has 0 N–H and O–H groups in total. The Morgan fingerprint density at radius 3 is 2.63 bits per heavy atom. The molecule has 3 saturated heterocycles. The summed E-state index contributed by atoms with van der Waals surface area (Å²) in [6.45, 7) is 4.29. The number of fused-ring (bicyclic) bond motifs is 2. The van der Waals surface area contributed by atoms with Gasteiger partial charge in [-0.05, 0) is 17.8 Å². The zero-order valence-corrected chi connectivity index (χ0v) is 17.1. The molecule has 30 heavy (non-hydrogen) atoms. The molecule has 1 spiro atoms. The highest BCUT2D eigenvalue weighted by atomic mass is 16.6. The van der Waals surface area contributed by atoms with Gasteiger partial charge in [0.05, 0.1) is 0 Å². The molecule has 1 aromatic heterocycles. The molecular formula is C21H26N6O3. The average Bonchev–Trinajstić information content (AvgIpc) is 3.38. The second-order valence-electron chi connectivity index (χ2n) is 8.45. The van der Waals surface area contributed by atoms with Gasteiger partial charge in [-0.1, -0.05) is 35.5 Å². The fourth-order valence-corrected chi connectivity index (χ4v) is 5.21. The Balaban J connectivity index is 1.41. The van der Waals surface area contributed by atoms with Gasteiger partial charge in [0.15, 0.2) is 5.69 Å². The molecule has 0 aliphatic carbocycles. The molecule has 158 valence electrons. The zero-order valence-electron chi connectivity index (χ0n) is 17.1. The molecule has 1 aromatic carbocycles. The van der Waals surface area contributed by atoms with Crippen molar-refractivity contribution in [2.75, 3.05) is 39.8 Å². The van der Waals surface area contributed by atoms with Gasteiger partial charge in [-0.15, -0.1) is 0 Å². The van der Waals surface area contributed by atoms with Gasteiger partial charge >= 0.3 is 0 Å². The molecule has 9 heteroatoms. The molecule has 9 nitrogen and oxygen atoms in total. The number of aromatic nitrogens is 2. The van der Waals surface area contributed by atoms with Gasteiger partial charge < -0.3 is 14.7 Å². The molecule has 0 unspecified atom stereocenters. The van der Waals surface area contributed by atoms with E-state index in [0.717, 1.165) is 38.0 Å². The Morgan fingerprint density at radius 1 is 1.17 bits per heavy atom. The Bertz CT molecular complexity index is 910. The van der Waals surface area contributed by atoms with Crippen LogP contribution in [0.1, 0.15) is 28.9 Å². The van der Waals surface area contributed by atoms with Crippen LogP contribution in [0.5, 0.6) is 0 Å². The first-order valence-electron chi connectivity index (χ1n) is 10.5. The van der Waals surface area contributed by atoms with Crippen LogP contribution in [0.3, 0.4) is 0 Å². The molecule has 3 fully saturated rings. The summed E-state index contributed by atoms with van der Waals surface area (Å²) in [5.41, 5.74) is 1.01. The Kier molecular flexibility index (Phi) is 4.79. The largest absolute Gasteiger partial charge is 0.337 e. The zero-order chi connectivity index (χ0) is 20.7. The number of amides is 2. The van der Waals surface area contributed by atoms with E-state index in [2.05, 4.69) is 48.8 Å². The van der Waals surface area contributed by atoms with Gasteiger partial charge in [-0.3, -0.25) is 14.5 Å². The predicted molar refractivity (Wildman–Crippen MR) is 107 cm³/mol. The normalized spacial score (nSPS) is 24.4. The molecule has 0 saturated carbocycles. The minimum atomic E-state index is -0.349. The number of hydrogen-bond donors (Lipinski definition) is 0. The third kappa shape index (κ3) is 3.09. The summed E-state index contributed by atoms with van der Waals surface area (Å²) in [5, 5.41) is 7.22. The molecule has 0 bridgehead atoms. The lowest BCUT2D eigenvalue weighted by molar-refractivity contribution is -0.134. The van der Waals surface area contributed by atoms with E-state index >= 15 is 0 Å². The van der Waals surface area contributed by atoms with Crippen LogP contribution >= 0.6 is 0 Å². The van der Waals surface area contributed by atoms with E-state index in [-0.39, 0.29) is 29.2 Å². The van der Waals surface area contributed by atoms with Crippen molar-refractivity contribution in [3.63, 3.8) is 0 Å². The van der Waals surface area contributed by atoms with Crippen molar-refractivity contribution in [2.24, 2.45) is 0 Å². The summed E-state index contributed by atoms with van der Waals surface area (Å²) >= 11 is 0. The molecule has 0 radical (unpaired) electrons. The van der Waals surface area contributed by atoms with Crippen LogP contribution in [0.2, 0.25) is 0 Å². The lowest BCUT2D eigenvalue weighted by atomic mass is 9.92. The standard InChI is InChI=1S/C21H26N6O3/c1-24-11-12-26-18(15-24)20(29)27(14-16-5-3-2-4-6-16)21(26)7-9-25(10-8-21)19(28)17-13-22-30-23-17/h2-6,13,18H,7-12,14-15H2,1H3/t18-/m1/s1. The molecule has 2 aromatic rings. The van der Waals surface area contributed by atoms with Crippen molar-refractivity contribution in [2.45, 2.75) is 31.1 Å². The molecule has 5 rings (SSSR count). The van der Waals surface area contributed by atoms with Gasteiger partial charge in [0.1, 0.15) is 17.9 Å². The lowest BCUT2D eigenvalue weighted by Gasteiger charge is -2.50. The van der Waals surface area contributed by atoms with Crippen molar-refractivity contribution in [3.8, 4) is 0 Å². The number of carbonyl (C=O) groups is 2. The average molecular weight is 410 g/mol. The van der Waals surface area contributed by atoms with E-state index < -0.39 is 0 Å². The second kappa shape index (κ2) is 7.48. The second-order valence-corrected chi connectivity index (χ2v) is 8.45. The molecule has 3 aliphatic heterocycles. The first-order chi connectivity index (χ1) is 14.6. The molecular weight excluding hydrogens is 384 g/mol. The SMILES string of the molecule is CN1CCN2[C@H](C1)C(=O)N(Cc1ccccc1)C21CCN(C(=O)c2cnon2)CC1. The summed E-state index contributed by atoms with van der Waals surface area (Å²) in [7, 11) is 2.07. The highest BCUT2D eigenvalue weighted by Gasteiger charge is 2.58. The van der Waals surface area contributed by atoms with E-state index in [0.29, 0.717) is 19.6 Å². The van der Waals surface area contributed by atoms with E-state index in [4.69, 9.17) is 0 Å². The Labute approximate surface area is 175 Å². The van der Waals surface area contributed by atoms with E-state index in [1.54, 1.807) is 4.90 Å². The number of piperazine rings is 1. The van der Waals surface area contributed by atoms with Crippen molar-refractivity contribution < 1.29 is 14.2 Å². The van der Waals surface area contributed by atoms with E-state index in [1.807, 2.05) is 18.2 Å². The summed E-state index contributed by atoms with van der Waals surface area (Å²) in [6.07, 6.45) is 2.80. The topological polar surface area (TPSA) is 86.0 Å². The number of carbonyl (C=O) groups excluding carboxylic acids is 2. The number of rotatable bonds is 3. The number of nitrogens with zero attached hydrogens (tertiary/aromatic N) is 6. The molecule has 4 heterocycles. The fourth-order valence-electron chi connectivity index (χ4n) is 5.21. The summed E-state index contributed by atoms with van der Waals surface area (Å²) in [5.74, 6) is 0.0332. The highest BCUT2D eigenvalue weighted by molar-refractivity contribution is 5.92. The third-order valence-electron chi connectivity index (χ3n) is 6.79. The first-order valence-corrected chi connectivity index (χ1v) is 10.5. The maximum absolute atomic E-state index is 13.5. The maximum Gasteiger partial charge on any atom is 0.277 e. The summed E-state index contributed by atoms with van der Waals surface area (Å²) < 4.78 is 4.58. The smallest absolute Gasteiger partial charge is 0.277 e. The minimum absolute atomic E-state index is 0.116. The maximum atomic E-state index is 13.5. The Hall–Kier alpha value is -2.78. The Morgan fingerprint density at radius 2 is 1.93 bits per heavy atom. The van der Waals surface area contributed by atoms with Gasteiger partial charge in [-0.2, -0.15) is 0 Å². The predicted octanol–water partition coefficient (Wildman–Crippen LogP) is 0.660. The quantitative estimate of drug-likeness (QED) is 0.735. The van der Waals surface area contributed by atoms with Gasteiger partial charge in [0, 0.05) is 52.1 Å². The van der Waals surface area contributed by atoms with Crippen LogP contribution in [0.25, 0.3) is 0 Å². The van der Waals surface area contributed by atoms with Crippen LogP contribution in [-0.4, -0.2) is 93.2 Å². The monoisotopic (exact) mass is 410 g/mol. The van der Waals surface area contributed by atoms with Crippen LogP contribution in [0.15, 0.2) is 41.2 Å². The van der Waals surface area contributed by atoms with Crippen molar-refractivity contribution >= 4 is 11.8 Å². The molecule has 2 amide bonds. The number of piperidine rings is 1. The van der Waals surface area contributed by atoms with Crippen LogP contribution < -0.4 is 0 Å². The molecule has 3 aliphatic rings. The number of likely N-dealkylation sites (tertiary alicyclic amines) is 1. The summed E-state index contributed by atoms with van der Waals surface area (Å²) in [4.78, 5) is 34.7. The van der Waals surface area contributed by atoms with Gasteiger partial charge in [0.2, 0.25) is 5.91 Å². The van der Waals surface area contributed by atoms with Crippen LogP contribution in [0, 0.1) is 0 Å². The van der Waals surface area contributed by atoms with E-state index in [1.165, 1.54) is 6.20 Å². The van der Waals surface area contributed by atoms with Crippen molar-refractivity contribution in [1.82, 2.24) is 29.9 Å². The number of benzene rings is 1. The van der Waals surface area contributed by atoms with E-state index in [9.17, 15) is 9.59 Å². The highest BCUT2D eigenvalue weighted by Crippen LogP contribution is 2.42. The van der Waals surface area contributed by atoms with Crippen molar-refractivity contribution in [3.05, 3.63) is 47.8 Å². The lowest BCUT2D eigenvalue weighted by Crippen LogP contribution is -2.63. The van der Waals surface area contributed by atoms with Crippen LogP contribution in [-0.2, 0) is 11.3 Å². The molecule has 1 atom stereocenters. The van der Waals surface area contributed by atoms with Gasteiger partial charge in [-0.25, -0.2) is 4.63 Å². The first kappa shape index (κ1) is 19.2. The third-order valence-corrected chi connectivity index (χ3v) is 6.79. The number of likely N-dealkylation sites (N-methyl/N-ethyl adjacent to an activating group) is 1. The van der Waals surface area contributed by atoms with Crippen LogP contribution in [0.4, 0.5) is 0 Å². The van der Waals surface area contributed by atoms with Gasteiger partial charge in [0.25, 0.3) is 5.91 Å². The summed E-state index contributed by atoms with van der Waals surface area (Å²) in [6, 6.07) is 10.0.